The minimum Gasteiger partial charge on any atom is -0.481 e. The van der Waals surface area contributed by atoms with Gasteiger partial charge in [-0.2, -0.15) is 0 Å². The average Bonchev–Trinajstić information content (AvgIpc) is 2.87. The van der Waals surface area contributed by atoms with Gasteiger partial charge in [0.15, 0.2) is 6.10 Å². The van der Waals surface area contributed by atoms with Crippen LogP contribution in [0.2, 0.25) is 0 Å². The van der Waals surface area contributed by atoms with Crippen LogP contribution < -0.4 is 0 Å². The summed E-state index contributed by atoms with van der Waals surface area (Å²) in [7, 11) is 1.27. The van der Waals surface area contributed by atoms with Gasteiger partial charge >= 0.3 is 18.0 Å². The zero-order valence-electron chi connectivity index (χ0n) is 12.2. The van der Waals surface area contributed by atoms with E-state index >= 15 is 0 Å². The number of morpholine rings is 1. The minimum absolute atomic E-state index is 0.131. The fourth-order valence-corrected chi connectivity index (χ4v) is 2.82. The number of hydrogen-bond acceptors (Lipinski definition) is 5. The van der Waals surface area contributed by atoms with E-state index in [2.05, 4.69) is 4.74 Å². The Labute approximate surface area is 122 Å². The smallest absolute Gasteiger partial charge is 0.336 e. The van der Waals surface area contributed by atoms with Gasteiger partial charge in [0.1, 0.15) is 0 Å². The lowest BCUT2D eigenvalue weighted by Crippen LogP contribution is -2.54. The van der Waals surface area contributed by atoms with Crippen LogP contribution in [0, 0.1) is 5.92 Å². The Kier molecular flexibility index (Phi) is 4.66. The predicted molar refractivity (Wildman–Crippen MR) is 70.6 cm³/mol. The molecule has 8 nitrogen and oxygen atoms in total. The van der Waals surface area contributed by atoms with Crippen LogP contribution in [0.3, 0.4) is 0 Å². The maximum absolute atomic E-state index is 12.5. The Morgan fingerprint density at radius 1 is 1.29 bits per heavy atom. The molecule has 3 unspecified atom stereocenters. The van der Waals surface area contributed by atoms with Crippen LogP contribution in [0.4, 0.5) is 4.79 Å². The normalized spacial score (nSPS) is 29.3. The van der Waals surface area contributed by atoms with E-state index in [0.717, 1.165) is 0 Å². The third-order valence-electron chi connectivity index (χ3n) is 4.12. The first-order chi connectivity index (χ1) is 9.95. The first-order valence-electron chi connectivity index (χ1n) is 6.93. The van der Waals surface area contributed by atoms with Gasteiger partial charge in [0, 0.05) is 19.1 Å². The fraction of sp³-hybridized carbons (Fsp3) is 0.769. The molecule has 0 spiro atoms. The molecule has 0 saturated carbocycles. The summed E-state index contributed by atoms with van der Waals surface area (Å²) in [5.74, 6) is -1.93. The molecule has 2 fully saturated rings. The fourth-order valence-electron chi connectivity index (χ4n) is 2.82. The van der Waals surface area contributed by atoms with Crippen LogP contribution in [0.25, 0.3) is 0 Å². The number of rotatable bonds is 2. The molecule has 2 rings (SSSR count). The zero-order chi connectivity index (χ0) is 15.6. The third-order valence-corrected chi connectivity index (χ3v) is 4.12. The van der Waals surface area contributed by atoms with Crippen molar-refractivity contribution >= 4 is 18.0 Å². The Balaban J connectivity index is 2.00. The molecule has 2 aliphatic rings. The van der Waals surface area contributed by atoms with Crippen molar-refractivity contribution in [3.05, 3.63) is 0 Å². The van der Waals surface area contributed by atoms with Crippen molar-refractivity contribution in [2.75, 3.05) is 33.4 Å². The van der Waals surface area contributed by atoms with E-state index in [1.54, 1.807) is 11.8 Å². The lowest BCUT2D eigenvalue weighted by Gasteiger charge is -2.35. The number of ether oxygens (including phenoxy) is 2. The predicted octanol–water partition coefficient (Wildman–Crippen LogP) is -0.225. The topological polar surface area (TPSA) is 96.4 Å². The molecule has 118 valence electrons. The van der Waals surface area contributed by atoms with Crippen LogP contribution in [0.1, 0.15) is 13.3 Å². The van der Waals surface area contributed by atoms with Crippen LogP contribution in [0.15, 0.2) is 0 Å². The number of likely N-dealkylation sites (tertiary alicyclic amines) is 1. The first-order valence-corrected chi connectivity index (χ1v) is 6.93. The van der Waals surface area contributed by atoms with Crippen molar-refractivity contribution < 1.29 is 29.0 Å². The maximum Gasteiger partial charge on any atom is 0.336 e. The number of methoxy groups -OCH3 is 1. The second kappa shape index (κ2) is 6.30. The van der Waals surface area contributed by atoms with E-state index in [1.165, 1.54) is 12.0 Å². The summed E-state index contributed by atoms with van der Waals surface area (Å²) in [5, 5.41) is 9.11. The first kappa shape index (κ1) is 15.6. The van der Waals surface area contributed by atoms with Crippen LogP contribution in [0.5, 0.6) is 0 Å². The number of esters is 1. The van der Waals surface area contributed by atoms with Gasteiger partial charge in [-0.05, 0) is 13.3 Å². The molecule has 2 aliphatic heterocycles. The summed E-state index contributed by atoms with van der Waals surface area (Å²) >= 11 is 0. The van der Waals surface area contributed by atoms with Crippen LogP contribution >= 0.6 is 0 Å². The van der Waals surface area contributed by atoms with Gasteiger partial charge in [-0.3, -0.25) is 4.79 Å². The number of carboxylic acids is 1. The number of amides is 2. The molecule has 8 heteroatoms. The van der Waals surface area contributed by atoms with E-state index < -0.39 is 24.0 Å². The maximum atomic E-state index is 12.5. The summed E-state index contributed by atoms with van der Waals surface area (Å²) in [4.78, 5) is 38.1. The molecule has 1 N–H and O–H groups in total. The van der Waals surface area contributed by atoms with Gasteiger partial charge in [-0.1, -0.05) is 0 Å². The summed E-state index contributed by atoms with van der Waals surface area (Å²) in [6.07, 6.45) is -0.326. The summed E-state index contributed by atoms with van der Waals surface area (Å²) in [6.45, 7) is 2.93. The van der Waals surface area contributed by atoms with E-state index in [1.807, 2.05) is 0 Å². The molecule has 2 heterocycles. The molecule has 3 atom stereocenters. The van der Waals surface area contributed by atoms with E-state index in [9.17, 15) is 14.4 Å². The molecule has 2 amide bonds. The molecular formula is C13H20N2O6. The minimum atomic E-state index is -0.882. The lowest BCUT2D eigenvalue weighted by molar-refractivity contribution is -0.158. The highest BCUT2D eigenvalue weighted by molar-refractivity contribution is 5.80. The Bertz CT molecular complexity index is 440. The molecule has 0 bridgehead atoms. The summed E-state index contributed by atoms with van der Waals surface area (Å²) < 4.78 is 9.90. The van der Waals surface area contributed by atoms with Crippen molar-refractivity contribution in [3.8, 4) is 0 Å². The number of carbonyl (C=O) groups excluding carboxylic acids is 2. The Morgan fingerprint density at radius 2 is 2.00 bits per heavy atom. The van der Waals surface area contributed by atoms with Crippen molar-refractivity contribution in [1.82, 2.24) is 9.80 Å². The number of aliphatic carboxylic acids is 1. The second-order valence-corrected chi connectivity index (χ2v) is 5.28. The highest BCUT2D eigenvalue weighted by Crippen LogP contribution is 2.26. The average molecular weight is 300 g/mol. The summed E-state index contributed by atoms with van der Waals surface area (Å²) in [6, 6.07) is -0.599. The molecule has 0 aromatic carbocycles. The number of carbonyl (C=O) groups is 3. The molecule has 2 saturated heterocycles. The second-order valence-electron chi connectivity index (χ2n) is 5.28. The van der Waals surface area contributed by atoms with E-state index in [0.29, 0.717) is 19.5 Å². The largest absolute Gasteiger partial charge is 0.481 e. The Morgan fingerprint density at radius 3 is 2.57 bits per heavy atom. The SMILES string of the molecule is COC(=O)C1CN(C(=O)N2CCC(C(=O)O)C2C)CCO1. The monoisotopic (exact) mass is 300 g/mol. The van der Waals surface area contributed by atoms with Gasteiger partial charge in [-0.15, -0.1) is 0 Å². The van der Waals surface area contributed by atoms with Crippen molar-refractivity contribution in [2.24, 2.45) is 5.92 Å². The zero-order valence-corrected chi connectivity index (χ0v) is 12.2. The number of urea groups is 1. The number of hydrogen-bond donors (Lipinski definition) is 1. The Hall–Kier alpha value is -1.83. The number of carboxylic acid groups (broad SMARTS) is 1. The van der Waals surface area contributed by atoms with Gasteiger partial charge in [0.2, 0.25) is 0 Å². The standard InChI is InChI=1S/C13H20N2O6/c1-8-9(11(16)17)3-4-15(8)13(19)14-5-6-21-10(7-14)12(18)20-2/h8-10H,3-7H2,1-2H3,(H,16,17). The lowest BCUT2D eigenvalue weighted by atomic mass is 10.0. The van der Waals surface area contributed by atoms with Gasteiger partial charge in [-0.25, -0.2) is 9.59 Å². The van der Waals surface area contributed by atoms with E-state index in [-0.39, 0.29) is 25.2 Å². The quantitative estimate of drug-likeness (QED) is 0.708. The summed E-state index contributed by atoms with van der Waals surface area (Å²) in [5.41, 5.74) is 0. The number of nitrogens with zero attached hydrogens (tertiary/aromatic N) is 2. The van der Waals surface area contributed by atoms with Gasteiger partial charge in [0.05, 0.1) is 26.2 Å². The highest BCUT2D eigenvalue weighted by atomic mass is 16.6. The molecule has 0 aromatic rings. The third kappa shape index (κ3) is 3.10. The molecule has 0 aromatic heterocycles. The molecular weight excluding hydrogens is 280 g/mol. The van der Waals surface area contributed by atoms with Gasteiger partial charge in [0.25, 0.3) is 0 Å². The van der Waals surface area contributed by atoms with Crippen LogP contribution in [-0.4, -0.2) is 78.4 Å². The molecule has 0 aliphatic carbocycles. The molecule has 21 heavy (non-hydrogen) atoms. The van der Waals surface area contributed by atoms with Gasteiger partial charge < -0.3 is 24.4 Å². The van der Waals surface area contributed by atoms with Crippen molar-refractivity contribution in [1.29, 1.82) is 0 Å². The van der Waals surface area contributed by atoms with E-state index in [4.69, 9.17) is 9.84 Å². The van der Waals surface area contributed by atoms with Crippen molar-refractivity contribution in [2.45, 2.75) is 25.5 Å². The van der Waals surface area contributed by atoms with Crippen molar-refractivity contribution in [3.63, 3.8) is 0 Å². The van der Waals surface area contributed by atoms with Crippen LogP contribution in [-0.2, 0) is 19.1 Å². The highest BCUT2D eigenvalue weighted by Gasteiger charge is 2.41. The molecule has 0 radical (unpaired) electrons.